The highest BCUT2D eigenvalue weighted by Gasteiger charge is 2.18. The van der Waals surface area contributed by atoms with Crippen molar-refractivity contribution in [2.24, 2.45) is 0 Å². The number of rotatable bonds is 3. The van der Waals surface area contributed by atoms with Crippen molar-refractivity contribution in [3.63, 3.8) is 0 Å². The van der Waals surface area contributed by atoms with Crippen LogP contribution in [0.15, 0.2) is 12.2 Å². The van der Waals surface area contributed by atoms with E-state index in [1.807, 2.05) is 0 Å². The van der Waals surface area contributed by atoms with Crippen LogP contribution in [-0.4, -0.2) is 24.5 Å². The van der Waals surface area contributed by atoms with E-state index in [4.69, 9.17) is 0 Å². The molecule has 0 bridgehead atoms. The first-order chi connectivity index (χ1) is 5.49. The van der Waals surface area contributed by atoms with Crippen molar-refractivity contribution in [2.45, 2.75) is 12.4 Å². The van der Waals surface area contributed by atoms with Crippen LogP contribution in [0.2, 0.25) is 0 Å². The molecule has 0 saturated heterocycles. The van der Waals surface area contributed by atoms with Crippen molar-refractivity contribution < 1.29 is 19.1 Å². The molecule has 1 unspecified atom stereocenters. The molecule has 0 aromatic heterocycles. The first-order valence-corrected chi connectivity index (χ1v) is 3.63. The average Bonchev–Trinajstić information content (AvgIpc) is 2.02. The second kappa shape index (κ2) is 4.95. The molecule has 1 atom stereocenters. The second-order valence-corrected chi connectivity index (χ2v) is 2.55. The van der Waals surface area contributed by atoms with Crippen molar-refractivity contribution in [1.29, 1.82) is 0 Å². The summed E-state index contributed by atoms with van der Waals surface area (Å²) in [5.74, 6) is -1.61. The van der Waals surface area contributed by atoms with Crippen molar-refractivity contribution >= 4 is 24.6 Å². The van der Waals surface area contributed by atoms with Crippen LogP contribution >= 0.6 is 12.6 Å². The molecule has 0 heterocycles. The minimum atomic E-state index is -1.03. The number of ether oxygens (including phenoxy) is 2. The fourth-order valence-corrected chi connectivity index (χ4v) is 0.378. The molecule has 0 rings (SSSR count). The Morgan fingerprint density at radius 1 is 1.50 bits per heavy atom. The highest BCUT2D eigenvalue weighted by Crippen LogP contribution is 2.01. The first-order valence-electron chi connectivity index (χ1n) is 3.11. The average molecular weight is 190 g/mol. The van der Waals surface area contributed by atoms with Gasteiger partial charge in [0, 0.05) is 12.7 Å². The maximum Gasteiger partial charge on any atom is 0.353 e. The summed E-state index contributed by atoms with van der Waals surface area (Å²) in [6.45, 7) is 4.74. The van der Waals surface area contributed by atoms with E-state index in [0.29, 0.717) is 0 Å². The van der Waals surface area contributed by atoms with Crippen LogP contribution in [-0.2, 0) is 19.1 Å². The number of thiol groups is 1. The predicted octanol–water partition coefficient (Wildman–Crippen LogP) is 0.535. The van der Waals surface area contributed by atoms with Gasteiger partial charge in [0.15, 0.2) is 5.44 Å². The minimum Gasteiger partial charge on any atom is -0.387 e. The number of hydrogen-bond acceptors (Lipinski definition) is 5. The lowest BCUT2D eigenvalue weighted by Crippen LogP contribution is -2.23. The summed E-state index contributed by atoms with van der Waals surface area (Å²) in [7, 11) is 1.28. The zero-order valence-corrected chi connectivity index (χ0v) is 7.76. The van der Waals surface area contributed by atoms with E-state index in [0.717, 1.165) is 0 Å². The Hall–Kier alpha value is -0.810. The van der Waals surface area contributed by atoms with Crippen LogP contribution in [0.1, 0.15) is 6.92 Å². The van der Waals surface area contributed by atoms with Gasteiger partial charge in [0.25, 0.3) is 0 Å². The monoisotopic (exact) mass is 190 g/mol. The largest absolute Gasteiger partial charge is 0.387 e. The minimum absolute atomic E-state index is 0.153. The quantitative estimate of drug-likeness (QED) is 0.232. The van der Waals surface area contributed by atoms with E-state index < -0.39 is 17.4 Å². The number of carbonyl (C=O) groups is 2. The summed E-state index contributed by atoms with van der Waals surface area (Å²) in [6, 6.07) is 0. The van der Waals surface area contributed by atoms with Gasteiger partial charge in [0.1, 0.15) is 0 Å². The lowest BCUT2D eigenvalue weighted by Gasteiger charge is -2.06. The van der Waals surface area contributed by atoms with E-state index in [-0.39, 0.29) is 5.57 Å². The van der Waals surface area contributed by atoms with E-state index in [9.17, 15) is 9.59 Å². The predicted molar refractivity (Wildman–Crippen MR) is 45.7 cm³/mol. The molecule has 0 saturated carbocycles. The van der Waals surface area contributed by atoms with E-state index in [1.165, 1.54) is 14.0 Å². The molecule has 12 heavy (non-hydrogen) atoms. The number of carbonyl (C=O) groups excluding carboxylic acids is 2. The van der Waals surface area contributed by atoms with Gasteiger partial charge < -0.3 is 9.47 Å². The molecule has 4 nitrogen and oxygen atoms in total. The van der Waals surface area contributed by atoms with E-state index >= 15 is 0 Å². The Morgan fingerprint density at radius 3 is 2.33 bits per heavy atom. The molecule has 5 heteroatoms. The molecular weight excluding hydrogens is 180 g/mol. The molecule has 0 aliphatic carbocycles. The highest BCUT2D eigenvalue weighted by molar-refractivity contribution is 7.81. The number of esters is 2. The molecule has 0 radical (unpaired) electrons. The van der Waals surface area contributed by atoms with Gasteiger partial charge in [-0.05, 0) is 6.92 Å². The maximum absolute atomic E-state index is 10.8. The van der Waals surface area contributed by atoms with Crippen LogP contribution in [0, 0.1) is 0 Å². The molecule has 0 aliphatic rings. The number of hydrogen-bond donors (Lipinski definition) is 1. The smallest absolute Gasteiger partial charge is 0.353 e. The summed E-state index contributed by atoms with van der Waals surface area (Å²) in [5.41, 5.74) is -0.881. The zero-order chi connectivity index (χ0) is 9.72. The lowest BCUT2D eigenvalue weighted by atomic mass is 10.4. The third-order valence-corrected chi connectivity index (χ3v) is 1.39. The molecule has 0 spiro atoms. The Bertz CT molecular complexity index is 211. The molecular formula is C7H10O4S. The summed E-state index contributed by atoms with van der Waals surface area (Å²) in [6.07, 6.45) is 0. The summed E-state index contributed by atoms with van der Waals surface area (Å²) in [5, 5.41) is 0. The SMILES string of the molecule is C=C(C)C(=O)OC(=O)C(S)OC. The topological polar surface area (TPSA) is 52.6 Å². The summed E-state index contributed by atoms with van der Waals surface area (Å²) in [4.78, 5) is 21.5. The standard InChI is InChI=1S/C7H10O4S/c1-4(2)5(8)11-6(9)7(12)10-3/h7,12H,1H2,2-3H3. The van der Waals surface area contributed by atoms with E-state index in [2.05, 4.69) is 28.7 Å². The normalized spacial score (nSPS) is 11.9. The lowest BCUT2D eigenvalue weighted by molar-refractivity contribution is -0.160. The van der Waals surface area contributed by atoms with Crippen molar-refractivity contribution in [2.75, 3.05) is 7.11 Å². The van der Waals surface area contributed by atoms with Gasteiger partial charge in [-0.25, -0.2) is 9.59 Å². The number of methoxy groups -OCH3 is 1. The Morgan fingerprint density at radius 2 is 2.00 bits per heavy atom. The van der Waals surface area contributed by atoms with Gasteiger partial charge in [0.2, 0.25) is 0 Å². The molecule has 0 N–H and O–H groups in total. The third-order valence-electron chi connectivity index (χ3n) is 0.967. The fraction of sp³-hybridized carbons (Fsp3) is 0.429. The van der Waals surface area contributed by atoms with E-state index in [1.54, 1.807) is 0 Å². The van der Waals surface area contributed by atoms with Gasteiger partial charge >= 0.3 is 11.9 Å². The van der Waals surface area contributed by atoms with Crippen LogP contribution < -0.4 is 0 Å². The summed E-state index contributed by atoms with van der Waals surface area (Å²) < 4.78 is 8.79. The molecule has 0 aromatic carbocycles. The van der Waals surface area contributed by atoms with Gasteiger partial charge in [0.05, 0.1) is 0 Å². The van der Waals surface area contributed by atoms with Gasteiger partial charge in [-0.2, -0.15) is 0 Å². The van der Waals surface area contributed by atoms with Crippen LogP contribution in [0.25, 0.3) is 0 Å². The zero-order valence-electron chi connectivity index (χ0n) is 6.86. The molecule has 0 aromatic rings. The molecule has 0 amide bonds. The van der Waals surface area contributed by atoms with Crippen LogP contribution in [0.5, 0.6) is 0 Å². The highest BCUT2D eigenvalue weighted by atomic mass is 32.1. The third kappa shape index (κ3) is 3.54. The van der Waals surface area contributed by atoms with Gasteiger partial charge in [-0.15, -0.1) is 12.6 Å². The van der Waals surface area contributed by atoms with Crippen molar-refractivity contribution in [3.05, 3.63) is 12.2 Å². The van der Waals surface area contributed by atoms with Gasteiger partial charge in [-0.1, -0.05) is 6.58 Å². The maximum atomic E-state index is 10.8. The fourth-order valence-electron chi connectivity index (χ4n) is 0.325. The van der Waals surface area contributed by atoms with Crippen molar-refractivity contribution in [3.8, 4) is 0 Å². The second-order valence-electron chi connectivity index (χ2n) is 2.08. The van der Waals surface area contributed by atoms with Crippen molar-refractivity contribution in [1.82, 2.24) is 0 Å². The Balaban J connectivity index is 4.01. The van der Waals surface area contributed by atoms with Gasteiger partial charge in [-0.3, -0.25) is 0 Å². The Labute approximate surface area is 75.9 Å². The first kappa shape index (κ1) is 11.2. The molecule has 0 fully saturated rings. The Kier molecular flexibility index (Phi) is 4.61. The van der Waals surface area contributed by atoms with Crippen LogP contribution in [0.4, 0.5) is 0 Å². The summed E-state index contributed by atoms with van der Waals surface area (Å²) >= 11 is 3.69. The van der Waals surface area contributed by atoms with Crippen LogP contribution in [0.3, 0.4) is 0 Å². The molecule has 68 valence electrons. The molecule has 0 aliphatic heterocycles.